The highest BCUT2D eigenvalue weighted by molar-refractivity contribution is 5.32. The molecule has 1 aromatic heterocycles. The smallest absolute Gasteiger partial charge is 0.148 e. The maximum absolute atomic E-state index is 4.54. The molecule has 0 aromatic carbocycles. The van der Waals surface area contributed by atoms with Crippen LogP contribution in [0.3, 0.4) is 0 Å². The second kappa shape index (κ2) is 4.69. The van der Waals surface area contributed by atoms with Gasteiger partial charge in [0.05, 0.1) is 6.04 Å². The summed E-state index contributed by atoms with van der Waals surface area (Å²) in [6, 6.07) is 2.75. The summed E-state index contributed by atoms with van der Waals surface area (Å²) in [5.74, 6) is 1.75. The molecular weight excluding hydrogens is 186 g/mol. The van der Waals surface area contributed by atoms with Gasteiger partial charge in [0.15, 0.2) is 0 Å². The molecule has 0 radical (unpaired) electrons. The van der Waals surface area contributed by atoms with Gasteiger partial charge in [-0.25, -0.2) is 0 Å². The normalized spacial score (nSPS) is 18.5. The number of nitrogens with zero attached hydrogens (tertiary/aromatic N) is 2. The molecule has 0 bridgehead atoms. The van der Waals surface area contributed by atoms with E-state index in [0.717, 1.165) is 18.3 Å². The number of nitrogens with one attached hydrogen (secondary N) is 1. The maximum Gasteiger partial charge on any atom is 0.148 e. The molecule has 15 heavy (non-hydrogen) atoms. The van der Waals surface area contributed by atoms with E-state index in [9.17, 15) is 0 Å². The predicted molar refractivity (Wildman–Crippen MR) is 63.1 cm³/mol. The Morgan fingerprint density at radius 3 is 3.00 bits per heavy atom. The van der Waals surface area contributed by atoms with E-state index < -0.39 is 0 Å². The second-order valence-corrected chi connectivity index (χ2v) is 4.66. The molecule has 1 N–H and O–H groups in total. The van der Waals surface area contributed by atoms with E-state index in [1.807, 2.05) is 0 Å². The zero-order valence-corrected chi connectivity index (χ0v) is 9.74. The highest BCUT2D eigenvalue weighted by Gasteiger charge is 2.19. The fourth-order valence-electron chi connectivity index (χ4n) is 1.71. The van der Waals surface area contributed by atoms with Crippen molar-refractivity contribution >= 4 is 5.82 Å². The van der Waals surface area contributed by atoms with E-state index in [1.165, 1.54) is 25.7 Å². The van der Waals surface area contributed by atoms with Gasteiger partial charge in [0.2, 0.25) is 0 Å². The fourth-order valence-corrected chi connectivity index (χ4v) is 1.71. The number of hydrogen-bond acceptors (Lipinski definition) is 2. The van der Waals surface area contributed by atoms with Gasteiger partial charge >= 0.3 is 0 Å². The first-order valence-corrected chi connectivity index (χ1v) is 6.08. The highest BCUT2D eigenvalue weighted by atomic mass is 15.3. The molecule has 1 saturated carbocycles. The van der Waals surface area contributed by atoms with Crippen LogP contribution >= 0.6 is 0 Å². The lowest BCUT2D eigenvalue weighted by atomic mass is 9.93. The van der Waals surface area contributed by atoms with Crippen LogP contribution < -0.4 is 5.32 Å². The molecule has 1 atom stereocenters. The van der Waals surface area contributed by atoms with Crippen molar-refractivity contribution in [3.05, 3.63) is 12.3 Å². The van der Waals surface area contributed by atoms with E-state index in [-0.39, 0.29) is 0 Å². The monoisotopic (exact) mass is 207 g/mol. The van der Waals surface area contributed by atoms with Crippen LogP contribution in [0.4, 0.5) is 5.82 Å². The molecule has 1 aliphatic carbocycles. The third kappa shape index (κ3) is 2.52. The molecule has 0 unspecified atom stereocenters. The molecule has 0 saturated heterocycles. The zero-order valence-electron chi connectivity index (χ0n) is 9.74. The van der Waals surface area contributed by atoms with Gasteiger partial charge in [-0.15, -0.1) is 0 Å². The third-order valence-corrected chi connectivity index (χ3v) is 3.39. The van der Waals surface area contributed by atoms with Crippen LogP contribution in [0.25, 0.3) is 0 Å². The summed E-state index contributed by atoms with van der Waals surface area (Å²) in [7, 11) is 0. The standard InChI is InChI=1S/C12H21N3/c1-3-10(2)9-13-12-7-8-15(14-12)11-5-4-6-11/h7-8,10-11H,3-6,9H2,1-2H3,(H,13,14)/t10-/m0/s1. The summed E-state index contributed by atoms with van der Waals surface area (Å²) in [4.78, 5) is 0. The molecule has 0 aliphatic heterocycles. The van der Waals surface area contributed by atoms with Crippen LogP contribution in [-0.4, -0.2) is 16.3 Å². The minimum atomic E-state index is 0.671. The Bertz CT molecular complexity index is 302. The number of hydrogen-bond donors (Lipinski definition) is 1. The van der Waals surface area contributed by atoms with Crippen molar-refractivity contribution in [1.29, 1.82) is 0 Å². The van der Waals surface area contributed by atoms with Crippen molar-refractivity contribution in [2.75, 3.05) is 11.9 Å². The number of aromatic nitrogens is 2. The van der Waals surface area contributed by atoms with Gasteiger partial charge in [-0.05, 0) is 25.2 Å². The second-order valence-electron chi connectivity index (χ2n) is 4.66. The van der Waals surface area contributed by atoms with E-state index in [0.29, 0.717) is 6.04 Å². The average Bonchev–Trinajstić information content (AvgIpc) is 2.60. The van der Waals surface area contributed by atoms with Crippen LogP contribution in [0.15, 0.2) is 12.3 Å². The van der Waals surface area contributed by atoms with Crippen molar-refractivity contribution < 1.29 is 0 Å². The van der Waals surface area contributed by atoms with Crippen LogP contribution in [0.5, 0.6) is 0 Å². The van der Waals surface area contributed by atoms with Gasteiger partial charge in [0.1, 0.15) is 5.82 Å². The molecule has 1 heterocycles. The average molecular weight is 207 g/mol. The SMILES string of the molecule is CC[C@H](C)CNc1ccn(C2CCC2)n1. The minimum Gasteiger partial charge on any atom is -0.368 e. The third-order valence-electron chi connectivity index (χ3n) is 3.39. The predicted octanol–water partition coefficient (Wildman–Crippen LogP) is 3.07. The Hall–Kier alpha value is -0.990. The van der Waals surface area contributed by atoms with Gasteiger partial charge in [-0.3, -0.25) is 4.68 Å². The van der Waals surface area contributed by atoms with Crippen molar-refractivity contribution in [3.8, 4) is 0 Å². The molecule has 1 aromatic rings. The molecule has 0 spiro atoms. The zero-order chi connectivity index (χ0) is 10.7. The quantitative estimate of drug-likeness (QED) is 0.804. The number of rotatable bonds is 5. The van der Waals surface area contributed by atoms with Crippen LogP contribution in [-0.2, 0) is 0 Å². The molecular formula is C12H21N3. The topological polar surface area (TPSA) is 29.9 Å². The van der Waals surface area contributed by atoms with Gasteiger partial charge < -0.3 is 5.32 Å². The molecule has 0 amide bonds. The van der Waals surface area contributed by atoms with Gasteiger partial charge in [0.25, 0.3) is 0 Å². The molecule has 3 heteroatoms. The van der Waals surface area contributed by atoms with Gasteiger partial charge in [-0.1, -0.05) is 20.3 Å². The summed E-state index contributed by atoms with van der Waals surface area (Å²) >= 11 is 0. The van der Waals surface area contributed by atoms with E-state index in [1.54, 1.807) is 0 Å². The summed E-state index contributed by atoms with van der Waals surface area (Å²) in [5, 5.41) is 7.93. The first-order valence-electron chi connectivity index (χ1n) is 6.08. The minimum absolute atomic E-state index is 0.671. The first-order chi connectivity index (χ1) is 7.29. The van der Waals surface area contributed by atoms with Gasteiger partial charge in [0, 0.05) is 18.8 Å². The lowest BCUT2D eigenvalue weighted by Crippen LogP contribution is -2.18. The van der Waals surface area contributed by atoms with Crippen LogP contribution in [0.2, 0.25) is 0 Å². The maximum atomic E-state index is 4.54. The van der Waals surface area contributed by atoms with Crippen LogP contribution in [0.1, 0.15) is 45.6 Å². The molecule has 2 rings (SSSR count). The molecule has 84 valence electrons. The summed E-state index contributed by atoms with van der Waals surface area (Å²) in [6.45, 7) is 5.51. The highest BCUT2D eigenvalue weighted by Crippen LogP contribution is 2.31. The van der Waals surface area contributed by atoms with Crippen LogP contribution in [0, 0.1) is 5.92 Å². The molecule has 3 nitrogen and oxygen atoms in total. The largest absolute Gasteiger partial charge is 0.368 e. The first kappa shape index (κ1) is 10.5. The van der Waals surface area contributed by atoms with E-state index in [4.69, 9.17) is 0 Å². The summed E-state index contributed by atoms with van der Waals surface area (Å²) < 4.78 is 2.11. The lowest BCUT2D eigenvalue weighted by Gasteiger charge is -2.25. The molecule has 1 aliphatic rings. The Labute approximate surface area is 91.9 Å². The van der Waals surface area contributed by atoms with Crippen molar-refractivity contribution in [1.82, 2.24) is 9.78 Å². The lowest BCUT2D eigenvalue weighted by molar-refractivity contribution is 0.290. The van der Waals surface area contributed by atoms with E-state index >= 15 is 0 Å². The molecule has 1 fully saturated rings. The van der Waals surface area contributed by atoms with Crippen molar-refractivity contribution in [2.24, 2.45) is 5.92 Å². The number of anilines is 1. The van der Waals surface area contributed by atoms with Crippen molar-refractivity contribution in [3.63, 3.8) is 0 Å². The van der Waals surface area contributed by atoms with Crippen molar-refractivity contribution in [2.45, 2.75) is 45.6 Å². The Kier molecular flexibility index (Phi) is 3.29. The van der Waals surface area contributed by atoms with Gasteiger partial charge in [-0.2, -0.15) is 5.10 Å². The summed E-state index contributed by atoms with van der Waals surface area (Å²) in [6.07, 6.45) is 7.28. The van der Waals surface area contributed by atoms with E-state index in [2.05, 4.69) is 41.2 Å². The Morgan fingerprint density at radius 2 is 2.40 bits per heavy atom. The Balaban J connectivity index is 1.84. The summed E-state index contributed by atoms with van der Waals surface area (Å²) in [5.41, 5.74) is 0. The fraction of sp³-hybridized carbons (Fsp3) is 0.750. The Morgan fingerprint density at radius 1 is 1.60 bits per heavy atom.